The van der Waals surface area contributed by atoms with Crippen LogP contribution in [0.1, 0.15) is 29.0 Å². The zero-order valence-corrected chi connectivity index (χ0v) is 16.1. The van der Waals surface area contributed by atoms with Gasteiger partial charge in [0.25, 0.3) is 0 Å². The predicted molar refractivity (Wildman–Crippen MR) is 110 cm³/mol. The van der Waals surface area contributed by atoms with Crippen LogP contribution in [0.25, 0.3) is 0 Å². The first kappa shape index (κ1) is 18.1. The van der Waals surface area contributed by atoms with Gasteiger partial charge in [0.05, 0.1) is 12.7 Å². The number of hydrogen-bond donors (Lipinski definition) is 1. The summed E-state index contributed by atoms with van der Waals surface area (Å²) in [4.78, 5) is 12.4. The van der Waals surface area contributed by atoms with Crippen LogP contribution in [0, 0.1) is 12.3 Å². The van der Waals surface area contributed by atoms with Gasteiger partial charge in [0, 0.05) is 17.9 Å². The lowest BCUT2D eigenvalue weighted by Crippen LogP contribution is -2.25. The summed E-state index contributed by atoms with van der Waals surface area (Å²) >= 11 is 0. The molecule has 30 heavy (non-hydrogen) atoms. The van der Waals surface area contributed by atoms with Crippen molar-refractivity contribution in [1.29, 1.82) is 0 Å². The van der Waals surface area contributed by atoms with Crippen LogP contribution >= 0.6 is 0 Å². The molecule has 2 aliphatic rings. The fraction of sp³-hybridized carbons (Fsp3) is 0.217. The number of fused-ring (bicyclic) bond motifs is 2. The highest BCUT2D eigenvalue weighted by Crippen LogP contribution is 2.38. The van der Waals surface area contributed by atoms with Crippen molar-refractivity contribution in [3.05, 3.63) is 65.4 Å². The van der Waals surface area contributed by atoms with Gasteiger partial charge in [-0.05, 0) is 35.4 Å². The number of anilines is 1. The molecule has 1 N–H and O–H groups in total. The molecule has 0 spiro atoms. The Labute approximate surface area is 173 Å². The molecule has 3 aromatic rings. The van der Waals surface area contributed by atoms with Crippen LogP contribution in [-0.4, -0.2) is 29.1 Å². The largest absolute Gasteiger partial charge is 0.481 e. The van der Waals surface area contributed by atoms with Crippen LogP contribution in [0.5, 0.6) is 17.2 Å². The molecule has 3 heterocycles. The SMILES string of the molecule is C#CCOc1ccc(C2CC(=O)Nc3c2cnn3Cc2ccc3c(c2)OCO3)cc1. The van der Waals surface area contributed by atoms with E-state index >= 15 is 0 Å². The molecule has 1 amide bonds. The maximum absolute atomic E-state index is 12.4. The van der Waals surface area contributed by atoms with Gasteiger partial charge in [0.1, 0.15) is 18.2 Å². The molecular weight excluding hydrogens is 382 g/mol. The number of nitrogens with zero attached hydrogens (tertiary/aromatic N) is 2. The second-order valence-corrected chi connectivity index (χ2v) is 7.16. The summed E-state index contributed by atoms with van der Waals surface area (Å²) in [7, 11) is 0. The van der Waals surface area contributed by atoms with Crippen LogP contribution < -0.4 is 19.5 Å². The number of aromatic nitrogens is 2. The van der Waals surface area contributed by atoms with Gasteiger partial charge >= 0.3 is 0 Å². The number of nitrogens with one attached hydrogen (secondary N) is 1. The van der Waals surface area contributed by atoms with Crippen LogP contribution in [0.15, 0.2) is 48.7 Å². The van der Waals surface area contributed by atoms with Gasteiger partial charge in [0.15, 0.2) is 11.5 Å². The number of terminal acetylenes is 1. The molecule has 0 aliphatic carbocycles. The second kappa shape index (κ2) is 7.48. The van der Waals surface area contributed by atoms with Crippen LogP contribution in [0.2, 0.25) is 0 Å². The van der Waals surface area contributed by atoms with Gasteiger partial charge in [-0.2, -0.15) is 5.10 Å². The maximum Gasteiger partial charge on any atom is 0.231 e. The van der Waals surface area contributed by atoms with Crippen molar-refractivity contribution in [3.63, 3.8) is 0 Å². The van der Waals surface area contributed by atoms with E-state index in [0.717, 1.165) is 34.0 Å². The van der Waals surface area contributed by atoms with Crippen molar-refractivity contribution >= 4 is 11.7 Å². The average molecular weight is 401 g/mol. The van der Waals surface area contributed by atoms with Crippen molar-refractivity contribution in [2.24, 2.45) is 0 Å². The standard InChI is InChI=1S/C23H19N3O4/c1-2-9-28-17-6-4-16(5-7-17)18-11-22(27)25-23-19(18)12-24-26(23)13-15-3-8-20-21(10-15)30-14-29-20/h1,3-8,10,12,18H,9,11,13-14H2,(H,25,27). The molecule has 0 bridgehead atoms. The minimum absolute atomic E-state index is 0.0346. The number of benzene rings is 2. The smallest absolute Gasteiger partial charge is 0.231 e. The molecule has 150 valence electrons. The van der Waals surface area contributed by atoms with E-state index < -0.39 is 0 Å². The predicted octanol–water partition coefficient (Wildman–Crippen LogP) is 3.15. The van der Waals surface area contributed by atoms with Crippen molar-refractivity contribution in [2.45, 2.75) is 18.9 Å². The number of amides is 1. The third-order valence-electron chi connectivity index (χ3n) is 5.26. The quantitative estimate of drug-likeness (QED) is 0.665. The molecule has 1 atom stereocenters. The molecule has 2 aromatic carbocycles. The molecule has 0 saturated heterocycles. The molecule has 0 radical (unpaired) electrons. The lowest BCUT2D eigenvalue weighted by molar-refractivity contribution is -0.116. The van der Waals surface area contributed by atoms with Crippen molar-refractivity contribution < 1.29 is 19.0 Å². The first-order valence-corrected chi connectivity index (χ1v) is 9.61. The van der Waals surface area contributed by atoms with E-state index in [-0.39, 0.29) is 25.2 Å². The van der Waals surface area contributed by atoms with E-state index in [4.69, 9.17) is 20.6 Å². The van der Waals surface area contributed by atoms with Crippen molar-refractivity contribution in [2.75, 3.05) is 18.7 Å². The highest BCUT2D eigenvalue weighted by atomic mass is 16.7. The molecule has 7 nitrogen and oxygen atoms in total. The minimum atomic E-state index is -0.0686. The monoisotopic (exact) mass is 401 g/mol. The third-order valence-corrected chi connectivity index (χ3v) is 5.26. The molecule has 1 aromatic heterocycles. The highest BCUT2D eigenvalue weighted by Gasteiger charge is 2.30. The van der Waals surface area contributed by atoms with Crippen molar-refractivity contribution in [3.8, 4) is 29.6 Å². The Kier molecular flexibility index (Phi) is 4.52. The third kappa shape index (κ3) is 3.33. The highest BCUT2D eigenvalue weighted by molar-refractivity contribution is 5.94. The van der Waals surface area contributed by atoms with Crippen LogP contribution in [0.3, 0.4) is 0 Å². The van der Waals surface area contributed by atoms with Gasteiger partial charge in [-0.3, -0.25) is 4.79 Å². The Morgan fingerprint density at radius 3 is 2.87 bits per heavy atom. The maximum atomic E-state index is 12.4. The Bertz CT molecular complexity index is 1140. The first-order valence-electron chi connectivity index (χ1n) is 9.61. The van der Waals surface area contributed by atoms with Crippen LogP contribution in [-0.2, 0) is 11.3 Å². The average Bonchev–Trinajstić information content (AvgIpc) is 3.39. The zero-order chi connectivity index (χ0) is 20.5. The lowest BCUT2D eigenvalue weighted by Gasteiger charge is -2.24. The van der Waals surface area contributed by atoms with E-state index in [9.17, 15) is 4.79 Å². The topological polar surface area (TPSA) is 74.6 Å². The van der Waals surface area contributed by atoms with E-state index in [1.807, 2.05) is 48.7 Å². The van der Waals surface area contributed by atoms with Crippen LogP contribution in [0.4, 0.5) is 5.82 Å². The Morgan fingerprint density at radius 2 is 2.03 bits per heavy atom. The summed E-state index contributed by atoms with van der Waals surface area (Å²) < 4.78 is 18.1. The van der Waals surface area contributed by atoms with E-state index in [2.05, 4.69) is 16.3 Å². The summed E-state index contributed by atoms with van der Waals surface area (Å²) in [5, 5.41) is 7.52. The molecular formula is C23H19N3O4. The summed E-state index contributed by atoms with van der Waals surface area (Å²) in [5.41, 5.74) is 3.03. The Balaban J connectivity index is 1.41. The summed E-state index contributed by atoms with van der Waals surface area (Å²) in [6, 6.07) is 13.5. The number of carbonyl (C=O) groups is 1. The summed E-state index contributed by atoms with van der Waals surface area (Å²) in [6.07, 6.45) is 7.43. The number of rotatable bonds is 5. The van der Waals surface area contributed by atoms with Gasteiger partial charge in [-0.15, -0.1) is 6.42 Å². The zero-order valence-electron chi connectivity index (χ0n) is 16.1. The molecule has 5 rings (SSSR count). The summed E-state index contributed by atoms with van der Waals surface area (Å²) in [5.74, 6) is 5.24. The fourth-order valence-corrected chi connectivity index (χ4v) is 3.82. The van der Waals surface area contributed by atoms with Gasteiger partial charge in [-0.1, -0.05) is 24.1 Å². The van der Waals surface area contributed by atoms with Gasteiger partial charge in [0.2, 0.25) is 12.7 Å². The van der Waals surface area contributed by atoms with E-state index in [1.165, 1.54) is 0 Å². The van der Waals surface area contributed by atoms with Gasteiger partial charge in [-0.25, -0.2) is 4.68 Å². The fourth-order valence-electron chi connectivity index (χ4n) is 3.82. The Morgan fingerprint density at radius 1 is 1.20 bits per heavy atom. The number of carbonyl (C=O) groups excluding carboxylic acids is 1. The van der Waals surface area contributed by atoms with E-state index in [1.54, 1.807) is 4.68 Å². The Hall–Kier alpha value is -3.92. The normalized spacial score (nSPS) is 16.5. The summed E-state index contributed by atoms with van der Waals surface area (Å²) in [6.45, 7) is 0.972. The molecule has 2 aliphatic heterocycles. The minimum Gasteiger partial charge on any atom is -0.481 e. The van der Waals surface area contributed by atoms with E-state index in [0.29, 0.717) is 18.7 Å². The number of ether oxygens (including phenoxy) is 3. The lowest BCUT2D eigenvalue weighted by atomic mass is 9.87. The molecule has 1 unspecified atom stereocenters. The van der Waals surface area contributed by atoms with Gasteiger partial charge < -0.3 is 19.5 Å². The number of hydrogen-bond acceptors (Lipinski definition) is 5. The first-order chi connectivity index (χ1) is 14.7. The molecule has 0 fully saturated rings. The molecule has 7 heteroatoms. The molecule has 0 saturated carbocycles. The second-order valence-electron chi connectivity index (χ2n) is 7.16. The van der Waals surface area contributed by atoms with Crippen molar-refractivity contribution in [1.82, 2.24) is 9.78 Å².